The zero-order chi connectivity index (χ0) is 13.3. The summed E-state index contributed by atoms with van der Waals surface area (Å²) >= 11 is 1.05. The van der Waals surface area contributed by atoms with Gasteiger partial charge in [0, 0.05) is 13.1 Å². The highest BCUT2D eigenvalue weighted by atomic mass is 32.1. The molecule has 98 valence electrons. The van der Waals surface area contributed by atoms with Crippen LogP contribution in [0.4, 0.5) is 0 Å². The largest absolute Gasteiger partial charge is 0.477 e. The number of aromatic carboxylic acids is 1. The van der Waals surface area contributed by atoms with Gasteiger partial charge < -0.3 is 10.0 Å². The van der Waals surface area contributed by atoms with Crippen molar-refractivity contribution in [1.82, 2.24) is 4.90 Å². The lowest BCUT2D eigenvalue weighted by Gasteiger charge is -2.17. The number of nitrogens with zero attached hydrogens (tertiary/aromatic N) is 1. The zero-order valence-corrected chi connectivity index (χ0v) is 11.4. The highest BCUT2D eigenvalue weighted by molar-refractivity contribution is 7.15. The summed E-state index contributed by atoms with van der Waals surface area (Å²) in [6, 6.07) is 3.11. The van der Waals surface area contributed by atoms with Crippen molar-refractivity contribution in [1.29, 1.82) is 0 Å². The van der Waals surface area contributed by atoms with Crippen LogP contribution in [-0.4, -0.2) is 35.0 Å². The molecule has 1 unspecified atom stereocenters. The summed E-state index contributed by atoms with van der Waals surface area (Å²) in [4.78, 5) is 25.6. The van der Waals surface area contributed by atoms with Gasteiger partial charge in [-0.25, -0.2) is 4.79 Å². The molecule has 0 spiro atoms. The van der Waals surface area contributed by atoms with Crippen LogP contribution in [0.5, 0.6) is 0 Å². The van der Waals surface area contributed by atoms with Crippen molar-refractivity contribution >= 4 is 23.2 Å². The molecule has 1 amide bonds. The van der Waals surface area contributed by atoms with E-state index in [0.29, 0.717) is 16.7 Å². The first-order chi connectivity index (χ1) is 8.49. The van der Waals surface area contributed by atoms with Crippen LogP contribution in [0, 0.1) is 11.8 Å². The molecular weight excluding hydrogens is 250 g/mol. The Morgan fingerprint density at radius 2 is 2.06 bits per heavy atom. The summed E-state index contributed by atoms with van der Waals surface area (Å²) in [5, 5.41) is 8.85. The van der Waals surface area contributed by atoms with Crippen LogP contribution in [0.15, 0.2) is 12.1 Å². The lowest BCUT2D eigenvalue weighted by atomic mass is 9.95. The number of thiophene rings is 1. The second kappa shape index (κ2) is 5.10. The van der Waals surface area contributed by atoms with Gasteiger partial charge in [-0.15, -0.1) is 11.3 Å². The molecule has 0 radical (unpaired) electrons. The fourth-order valence-corrected chi connectivity index (χ4v) is 3.05. The van der Waals surface area contributed by atoms with E-state index in [9.17, 15) is 9.59 Å². The molecule has 1 aromatic heterocycles. The van der Waals surface area contributed by atoms with Crippen molar-refractivity contribution in [2.75, 3.05) is 13.1 Å². The van der Waals surface area contributed by atoms with Gasteiger partial charge in [0.15, 0.2) is 0 Å². The van der Waals surface area contributed by atoms with E-state index in [4.69, 9.17) is 5.11 Å². The zero-order valence-electron chi connectivity index (χ0n) is 10.5. The molecule has 0 aromatic carbocycles. The van der Waals surface area contributed by atoms with Crippen molar-refractivity contribution in [2.24, 2.45) is 11.8 Å². The quantitative estimate of drug-likeness (QED) is 0.915. The maximum absolute atomic E-state index is 12.2. The van der Waals surface area contributed by atoms with E-state index < -0.39 is 5.97 Å². The third-order valence-corrected chi connectivity index (χ3v) is 4.54. The van der Waals surface area contributed by atoms with Gasteiger partial charge in [-0.05, 0) is 30.4 Å². The van der Waals surface area contributed by atoms with E-state index in [1.165, 1.54) is 6.07 Å². The van der Waals surface area contributed by atoms with Crippen molar-refractivity contribution in [3.05, 3.63) is 21.9 Å². The Bertz CT molecular complexity index is 467. The number of hydrogen-bond acceptors (Lipinski definition) is 3. The molecule has 0 aliphatic carbocycles. The molecule has 1 aromatic rings. The Hall–Kier alpha value is -1.36. The molecule has 5 heteroatoms. The average Bonchev–Trinajstić information content (AvgIpc) is 2.97. The van der Waals surface area contributed by atoms with Crippen LogP contribution in [0.2, 0.25) is 0 Å². The number of carbonyl (C=O) groups is 2. The Morgan fingerprint density at radius 3 is 2.56 bits per heavy atom. The van der Waals surface area contributed by atoms with Gasteiger partial charge in [-0.1, -0.05) is 13.8 Å². The van der Waals surface area contributed by atoms with E-state index in [-0.39, 0.29) is 10.8 Å². The third kappa shape index (κ3) is 2.56. The number of hydrogen-bond donors (Lipinski definition) is 1. The molecular formula is C13H17NO3S. The Labute approximate surface area is 110 Å². The predicted octanol–water partition coefficient (Wildman–Crippen LogP) is 2.56. The molecule has 18 heavy (non-hydrogen) atoms. The van der Waals surface area contributed by atoms with Crippen molar-refractivity contribution < 1.29 is 14.7 Å². The van der Waals surface area contributed by atoms with E-state index >= 15 is 0 Å². The fraction of sp³-hybridized carbons (Fsp3) is 0.538. The summed E-state index contributed by atoms with van der Waals surface area (Å²) in [5.41, 5.74) is 0. The normalized spacial score (nSPS) is 19.5. The number of rotatable bonds is 3. The molecule has 0 bridgehead atoms. The van der Waals surface area contributed by atoms with E-state index in [2.05, 4.69) is 13.8 Å². The van der Waals surface area contributed by atoms with Crippen LogP contribution >= 0.6 is 11.3 Å². The molecule has 2 heterocycles. The summed E-state index contributed by atoms with van der Waals surface area (Å²) in [6.07, 6.45) is 1.04. The molecule has 0 saturated carbocycles. The molecule has 1 atom stereocenters. The van der Waals surface area contributed by atoms with Gasteiger partial charge in [-0.3, -0.25) is 4.79 Å². The minimum absolute atomic E-state index is 0.0318. The molecule has 1 aliphatic rings. The SMILES string of the molecule is CC(C)C1CCN(C(=O)c2ccc(C(=O)O)s2)C1. The molecule has 2 rings (SSSR count). The number of amides is 1. The van der Waals surface area contributed by atoms with Crippen LogP contribution in [0.1, 0.15) is 39.6 Å². The van der Waals surface area contributed by atoms with Crippen molar-refractivity contribution in [3.8, 4) is 0 Å². The van der Waals surface area contributed by atoms with E-state index in [1.807, 2.05) is 4.90 Å². The van der Waals surface area contributed by atoms with Crippen LogP contribution < -0.4 is 0 Å². The van der Waals surface area contributed by atoms with Crippen LogP contribution in [-0.2, 0) is 0 Å². The number of likely N-dealkylation sites (tertiary alicyclic amines) is 1. The van der Waals surface area contributed by atoms with E-state index in [1.54, 1.807) is 6.07 Å². The maximum atomic E-state index is 12.2. The summed E-state index contributed by atoms with van der Waals surface area (Å²) < 4.78 is 0. The second-order valence-corrected chi connectivity index (χ2v) is 6.10. The van der Waals surface area contributed by atoms with Gasteiger partial charge in [-0.2, -0.15) is 0 Å². The van der Waals surface area contributed by atoms with Crippen LogP contribution in [0.25, 0.3) is 0 Å². The highest BCUT2D eigenvalue weighted by Crippen LogP contribution is 2.26. The standard InChI is InChI=1S/C13H17NO3S/c1-8(2)9-5-6-14(7-9)12(15)10-3-4-11(18-10)13(16)17/h3-4,8-9H,5-7H2,1-2H3,(H,16,17). The fourth-order valence-electron chi connectivity index (χ4n) is 2.24. The number of carbonyl (C=O) groups excluding carboxylic acids is 1. The summed E-state index contributed by atoms with van der Waals surface area (Å²) in [6.45, 7) is 5.91. The third-order valence-electron chi connectivity index (χ3n) is 3.48. The van der Waals surface area contributed by atoms with Crippen molar-refractivity contribution in [3.63, 3.8) is 0 Å². The average molecular weight is 267 g/mol. The minimum Gasteiger partial charge on any atom is -0.477 e. The van der Waals surface area contributed by atoms with E-state index in [0.717, 1.165) is 30.8 Å². The lowest BCUT2D eigenvalue weighted by molar-refractivity contribution is 0.0701. The minimum atomic E-state index is -0.972. The van der Waals surface area contributed by atoms with Gasteiger partial charge in [0.2, 0.25) is 0 Å². The van der Waals surface area contributed by atoms with Crippen molar-refractivity contribution in [2.45, 2.75) is 20.3 Å². The summed E-state index contributed by atoms with van der Waals surface area (Å²) in [5.74, 6) is 0.143. The van der Waals surface area contributed by atoms with Gasteiger partial charge in [0.1, 0.15) is 4.88 Å². The second-order valence-electron chi connectivity index (χ2n) is 5.01. The predicted molar refractivity (Wildman–Crippen MR) is 70.1 cm³/mol. The lowest BCUT2D eigenvalue weighted by Crippen LogP contribution is -2.28. The first-order valence-electron chi connectivity index (χ1n) is 6.11. The van der Waals surface area contributed by atoms with Gasteiger partial charge in [0.25, 0.3) is 5.91 Å². The monoisotopic (exact) mass is 267 g/mol. The Balaban J connectivity index is 2.05. The topological polar surface area (TPSA) is 57.6 Å². The Morgan fingerprint density at radius 1 is 1.39 bits per heavy atom. The first-order valence-corrected chi connectivity index (χ1v) is 6.93. The molecule has 1 N–H and O–H groups in total. The molecule has 1 aliphatic heterocycles. The highest BCUT2D eigenvalue weighted by Gasteiger charge is 2.29. The van der Waals surface area contributed by atoms with Crippen LogP contribution in [0.3, 0.4) is 0 Å². The smallest absolute Gasteiger partial charge is 0.345 e. The molecule has 1 saturated heterocycles. The van der Waals surface area contributed by atoms with Gasteiger partial charge >= 0.3 is 5.97 Å². The molecule has 1 fully saturated rings. The number of carboxylic acids is 1. The maximum Gasteiger partial charge on any atom is 0.345 e. The summed E-state index contributed by atoms with van der Waals surface area (Å²) in [7, 11) is 0. The van der Waals surface area contributed by atoms with Gasteiger partial charge in [0.05, 0.1) is 4.88 Å². The number of carboxylic acid groups (broad SMARTS) is 1. The molecule has 4 nitrogen and oxygen atoms in total. The first kappa shape index (κ1) is 13.1. The Kier molecular flexibility index (Phi) is 3.71.